The predicted octanol–water partition coefficient (Wildman–Crippen LogP) is 1.60. The van der Waals surface area contributed by atoms with Gasteiger partial charge in [-0.15, -0.1) is 0 Å². The number of nitrogens with one attached hydrogen (secondary N) is 1. The van der Waals surface area contributed by atoms with Crippen molar-refractivity contribution in [2.24, 2.45) is 0 Å². The standard InChI is InChI=1S/C11H13N3O2S/c15-17(16)6-2-1-3-10(17)11-13-8-4-5-12-7-9(8)14-11/h4-5,7,10H,1-3,6H2,(H,13,14). The number of hydrogen-bond acceptors (Lipinski definition) is 4. The summed E-state index contributed by atoms with van der Waals surface area (Å²) >= 11 is 0. The van der Waals surface area contributed by atoms with Crippen molar-refractivity contribution in [3.63, 3.8) is 0 Å². The average Bonchev–Trinajstić information content (AvgIpc) is 2.71. The van der Waals surface area contributed by atoms with Crippen molar-refractivity contribution in [3.8, 4) is 0 Å². The van der Waals surface area contributed by atoms with E-state index >= 15 is 0 Å². The van der Waals surface area contributed by atoms with Gasteiger partial charge in [-0.3, -0.25) is 4.98 Å². The molecule has 1 aliphatic heterocycles. The van der Waals surface area contributed by atoms with Gasteiger partial charge >= 0.3 is 0 Å². The van der Waals surface area contributed by atoms with Crippen molar-refractivity contribution >= 4 is 20.9 Å². The van der Waals surface area contributed by atoms with Gasteiger partial charge in [0.2, 0.25) is 0 Å². The third kappa shape index (κ3) is 1.82. The number of fused-ring (bicyclic) bond motifs is 1. The van der Waals surface area contributed by atoms with Crippen LogP contribution in [0, 0.1) is 0 Å². The minimum Gasteiger partial charge on any atom is -0.340 e. The first kappa shape index (κ1) is 10.7. The quantitative estimate of drug-likeness (QED) is 0.835. The van der Waals surface area contributed by atoms with Crippen LogP contribution in [-0.4, -0.2) is 29.1 Å². The molecule has 1 atom stereocenters. The summed E-state index contributed by atoms with van der Waals surface area (Å²) in [4.78, 5) is 11.4. The van der Waals surface area contributed by atoms with Crippen LogP contribution in [0.4, 0.5) is 0 Å². The number of rotatable bonds is 1. The lowest BCUT2D eigenvalue weighted by Gasteiger charge is -2.19. The highest BCUT2D eigenvalue weighted by molar-refractivity contribution is 7.91. The second-order valence-corrected chi connectivity index (χ2v) is 6.67. The first-order valence-electron chi connectivity index (χ1n) is 5.68. The van der Waals surface area contributed by atoms with E-state index in [4.69, 9.17) is 0 Å². The van der Waals surface area contributed by atoms with Gasteiger partial charge in [-0.05, 0) is 18.9 Å². The number of hydrogen-bond donors (Lipinski definition) is 1. The smallest absolute Gasteiger partial charge is 0.160 e. The Morgan fingerprint density at radius 3 is 3.00 bits per heavy atom. The number of pyridine rings is 1. The van der Waals surface area contributed by atoms with Gasteiger partial charge in [-0.2, -0.15) is 0 Å². The molecular weight excluding hydrogens is 238 g/mol. The predicted molar refractivity (Wildman–Crippen MR) is 64.3 cm³/mol. The Morgan fingerprint density at radius 1 is 1.35 bits per heavy atom. The number of imidazole rings is 1. The molecule has 0 aromatic carbocycles. The second kappa shape index (κ2) is 3.80. The zero-order valence-electron chi connectivity index (χ0n) is 9.26. The summed E-state index contributed by atoms with van der Waals surface area (Å²) in [5, 5.41) is -0.469. The highest BCUT2D eigenvalue weighted by atomic mass is 32.2. The van der Waals surface area contributed by atoms with E-state index in [1.165, 1.54) is 0 Å². The Morgan fingerprint density at radius 2 is 2.24 bits per heavy atom. The van der Waals surface area contributed by atoms with Crippen LogP contribution in [0.3, 0.4) is 0 Å². The Balaban J connectivity index is 2.08. The average molecular weight is 251 g/mol. The van der Waals surface area contributed by atoms with Gasteiger partial charge < -0.3 is 4.98 Å². The van der Waals surface area contributed by atoms with E-state index in [1.54, 1.807) is 18.5 Å². The third-order valence-electron chi connectivity index (χ3n) is 3.19. The van der Waals surface area contributed by atoms with Gasteiger partial charge in [-0.1, -0.05) is 6.42 Å². The Bertz CT molecular complexity index is 615. The SMILES string of the molecule is O=S1(=O)CCCCC1c1nc2ccncc2[nH]1. The maximum atomic E-state index is 12.0. The van der Waals surface area contributed by atoms with Crippen molar-refractivity contribution in [2.45, 2.75) is 24.5 Å². The van der Waals surface area contributed by atoms with Crippen LogP contribution in [0.1, 0.15) is 30.3 Å². The van der Waals surface area contributed by atoms with E-state index in [9.17, 15) is 8.42 Å². The lowest BCUT2D eigenvalue weighted by atomic mass is 10.2. The topological polar surface area (TPSA) is 75.7 Å². The molecule has 0 radical (unpaired) electrons. The van der Waals surface area contributed by atoms with Crippen molar-refractivity contribution in [1.82, 2.24) is 15.0 Å². The molecule has 3 rings (SSSR count). The molecule has 3 heterocycles. The molecule has 1 N–H and O–H groups in total. The fourth-order valence-electron chi connectivity index (χ4n) is 2.29. The zero-order valence-corrected chi connectivity index (χ0v) is 10.1. The van der Waals surface area contributed by atoms with E-state index < -0.39 is 15.1 Å². The molecule has 0 saturated carbocycles. The van der Waals surface area contributed by atoms with Gasteiger partial charge in [0.1, 0.15) is 11.1 Å². The fourth-order valence-corrected chi connectivity index (χ4v) is 4.16. The molecule has 0 aliphatic carbocycles. The molecule has 2 aromatic rings. The first-order valence-corrected chi connectivity index (χ1v) is 7.39. The molecule has 0 bridgehead atoms. The fraction of sp³-hybridized carbons (Fsp3) is 0.455. The van der Waals surface area contributed by atoms with Crippen LogP contribution in [0.5, 0.6) is 0 Å². The zero-order chi connectivity index (χ0) is 11.9. The molecule has 17 heavy (non-hydrogen) atoms. The number of aromatic amines is 1. The highest BCUT2D eigenvalue weighted by Crippen LogP contribution is 2.32. The van der Waals surface area contributed by atoms with E-state index in [0.717, 1.165) is 23.9 Å². The minimum absolute atomic E-state index is 0.271. The van der Waals surface area contributed by atoms with Crippen LogP contribution in [0.2, 0.25) is 0 Å². The summed E-state index contributed by atoms with van der Waals surface area (Å²) in [6.45, 7) is 0. The van der Waals surface area contributed by atoms with E-state index in [2.05, 4.69) is 15.0 Å². The molecule has 1 fully saturated rings. The molecule has 5 nitrogen and oxygen atoms in total. The van der Waals surface area contributed by atoms with Gasteiger partial charge in [0.05, 0.1) is 23.0 Å². The number of aromatic nitrogens is 3. The van der Waals surface area contributed by atoms with Crippen LogP contribution >= 0.6 is 0 Å². The maximum absolute atomic E-state index is 12.0. The lowest BCUT2D eigenvalue weighted by Crippen LogP contribution is -2.22. The molecule has 6 heteroatoms. The maximum Gasteiger partial charge on any atom is 0.160 e. The molecule has 0 amide bonds. The molecule has 1 aliphatic rings. The van der Waals surface area contributed by atoms with Crippen LogP contribution in [-0.2, 0) is 9.84 Å². The second-order valence-electron chi connectivity index (χ2n) is 4.37. The van der Waals surface area contributed by atoms with Gasteiger partial charge in [0.25, 0.3) is 0 Å². The molecule has 2 aromatic heterocycles. The Kier molecular flexibility index (Phi) is 2.39. The van der Waals surface area contributed by atoms with Crippen molar-refractivity contribution in [2.75, 3.05) is 5.75 Å². The molecule has 90 valence electrons. The summed E-state index contributed by atoms with van der Waals surface area (Å²) in [7, 11) is -3.04. The number of sulfone groups is 1. The van der Waals surface area contributed by atoms with Crippen molar-refractivity contribution < 1.29 is 8.42 Å². The molecule has 1 saturated heterocycles. The molecule has 1 unspecified atom stereocenters. The first-order chi connectivity index (χ1) is 8.17. The summed E-state index contributed by atoms with van der Waals surface area (Å²) in [6, 6.07) is 1.78. The van der Waals surface area contributed by atoms with Crippen molar-refractivity contribution in [1.29, 1.82) is 0 Å². The van der Waals surface area contributed by atoms with E-state index in [1.807, 2.05) is 0 Å². The summed E-state index contributed by atoms with van der Waals surface area (Å²) in [6.07, 6.45) is 5.69. The summed E-state index contributed by atoms with van der Waals surface area (Å²) in [5.41, 5.74) is 1.57. The monoisotopic (exact) mass is 251 g/mol. The summed E-state index contributed by atoms with van der Waals surface area (Å²) in [5.74, 6) is 0.833. The normalized spacial score (nSPS) is 23.9. The molecule has 0 spiro atoms. The number of nitrogens with zero attached hydrogens (tertiary/aromatic N) is 2. The highest BCUT2D eigenvalue weighted by Gasteiger charge is 2.32. The minimum atomic E-state index is -3.04. The Hall–Kier alpha value is -1.43. The van der Waals surface area contributed by atoms with E-state index in [0.29, 0.717) is 12.2 Å². The Labute approximate surface area is 99.2 Å². The van der Waals surface area contributed by atoms with E-state index in [-0.39, 0.29) is 5.75 Å². The van der Waals surface area contributed by atoms with Crippen LogP contribution < -0.4 is 0 Å². The van der Waals surface area contributed by atoms with Gasteiger partial charge in [0.15, 0.2) is 9.84 Å². The number of H-pyrrole nitrogens is 1. The third-order valence-corrected chi connectivity index (χ3v) is 5.37. The van der Waals surface area contributed by atoms with Gasteiger partial charge in [-0.25, -0.2) is 13.4 Å². The van der Waals surface area contributed by atoms with Gasteiger partial charge in [0, 0.05) is 6.20 Å². The van der Waals surface area contributed by atoms with Crippen LogP contribution in [0.25, 0.3) is 11.0 Å². The lowest BCUT2D eigenvalue weighted by molar-refractivity contribution is 0.540. The molecular formula is C11H13N3O2S. The largest absolute Gasteiger partial charge is 0.340 e. The summed E-state index contributed by atoms with van der Waals surface area (Å²) < 4.78 is 24.0. The van der Waals surface area contributed by atoms with Crippen LogP contribution in [0.15, 0.2) is 18.5 Å². The van der Waals surface area contributed by atoms with Crippen molar-refractivity contribution in [3.05, 3.63) is 24.3 Å².